The van der Waals surface area contributed by atoms with Gasteiger partial charge in [0.05, 0.1) is 18.6 Å². The van der Waals surface area contributed by atoms with Gasteiger partial charge in [-0.3, -0.25) is 9.59 Å². The van der Waals surface area contributed by atoms with Crippen LogP contribution in [-0.4, -0.2) is 25.1 Å². The van der Waals surface area contributed by atoms with Crippen LogP contribution >= 0.6 is 0 Å². The Morgan fingerprint density at radius 3 is 2.40 bits per heavy atom. The maximum Gasteiger partial charge on any atom is 0.387 e. The highest BCUT2D eigenvalue weighted by atomic mass is 19.3. The second-order valence-electron chi connectivity index (χ2n) is 6.24. The topological polar surface area (TPSA) is 77.8 Å². The third-order valence-corrected chi connectivity index (χ3v) is 4.09. The van der Waals surface area contributed by atoms with Gasteiger partial charge < -0.3 is 19.2 Å². The molecule has 1 N–H and O–H groups in total. The number of esters is 1. The summed E-state index contributed by atoms with van der Waals surface area (Å²) in [4.78, 5) is 23.9. The molecule has 1 aromatic heterocycles. The molecule has 3 rings (SSSR count). The van der Waals surface area contributed by atoms with Gasteiger partial charge in [-0.25, -0.2) is 0 Å². The summed E-state index contributed by atoms with van der Waals surface area (Å²) >= 11 is 0. The molecule has 1 heterocycles. The Morgan fingerprint density at radius 1 is 1.07 bits per heavy atom. The number of carbonyl (C=O) groups is 2. The Labute approximate surface area is 171 Å². The summed E-state index contributed by atoms with van der Waals surface area (Å²) in [6, 6.07) is 14.3. The monoisotopic (exact) mass is 415 g/mol. The van der Waals surface area contributed by atoms with Gasteiger partial charge in [-0.2, -0.15) is 8.78 Å². The molecule has 6 nitrogen and oxygen atoms in total. The zero-order chi connectivity index (χ0) is 21.5. The maximum absolute atomic E-state index is 12.4. The molecular formula is C22H19F2NO5. The van der Waals surface area contributed by atoms with Gasteiger partial charge in [-0.15, -0.1) is 0 Å². The van der Waals surface area contributed by atoms with Crippen LogP contribution in [0.2, 0.25) is 0 Å². The smallest absolute Gasteiger partial charge is 0.387 e. The lowest BCUT2D eigenvalue weighted by molar-refractivity contribution is -0.142. The number of alkyl halides is 2. The summed E-state index contributed by atoms with van der Waals surface area (Å²) in [5, 5.41) is 2.74. The molecule has 156 valence electrons. The number of ether oxygens (including phenoxy) is 2. The predicted octanol–water partition coefficient (Wildman–Crippen LogP) is 4.91. The molecule has 0 bridgehead atoms. The molecule has 0 atom stereocenters. The third-order valence-electron chi connectivity index (χ3n) is 4.09. The van der Waals surface area contributed by atoms with Gasteiger partial charge in [0.1, 0.15) is 17.8 Å². The van der Waals surface area contributed by atoms with E-state index in [1.807, 2.05) is 0 Å². The Balaban J connectivity index is 1.61. The van der Waals surface area contributed by atoms with E-state index in [0.29, 0.717) is 29.2 Å². The fraction of sp³-hybridized carbons (Fsp3) is 0.182. The first kappa shape index (κ1) is 21.0. The van der Waals surface area contributed by atoms with Crippen LogP contribution in [0.25, 0.3) is 11.3 Å². The highest BCUT2D eigenvalue weighted by Crippen LogP contribution is 2.25. The molecule has 2 aromatic carbocycles. The number of hydrogen-bond donors (Lipinski definition) is 1. The number of anilines is 1. The van der Waals surface area contributed by atoms with E-state index in [9.17, 15) is 18.4 Å². The van der Waals surface area contributed by atoms with Crippen LogP contribution in [-0.2, 0) is 16.0 Å². The minimum Gasteiger partial charge on any atom is -0.466 e. The van der Waals surface area contributed by atoms with Crippen LogP contribution in [0.1, 0.15) is 22.8 Å². The van der Waals surface area contributed by atoms with E-state index in [-0.39, 0.29) is 24.0 Å². The van der Waals surface area contributed by atoms with Crippen molar-refractivity contribution in [3.63, 3.8) is 0 Å². The van der Waals surface area contributed by atoms with E-state index in [1.54, 1.807) is 49.4 Å². The van der Waals surface area contributed by atoms with Crippen LogP contribution < -0.4 is 10.1 Å². The van der Waals surface area contributed by atoms with Gasteiger partial charge in [-0.05, 0) is 55.0 Å². The van der Waals surface area contributed by atoms with Gasteiger partial charge in [0, 0.05) is 11.3 Å². The number of rotatable bonds is 8. The van der Waals surface area contributed by atoms with Gasteiger partial charge in [0.15, 0.2) is 0 Å². The van der Waals surface area contributed by atoms with Gasteiger partial charge in [0.2, 0.25) is 0 Å². The van der Waals surface area contributed by atoms with Crippen molar-refractivity contribution in [2.75, 3.05) is 11.9 Å². The lowest BCUT2D eigenvalue weighted by Gasteiger charge is -2.06. The molecule has 0 saturated carbocycles. The first-order valence-corrected chi connectivity index (χ1v) is 9.14. The number of furan rings is 1. The zero-order valence-corrected chi connectivity index (χ0v) is 16.1. The lowest BCUT2D eigenvalue weighted by atomic mass is 10.1. The molecule has 30 heavy (non-hydrogen) atoms. The molecule has 0 aliphatic rings. The molecule has 0 radical (unpaired) electrons. The van der Waals surface area contributed by atoms with Crippen molar-refractivity contribution in [3.05, 3.63) is 72.0 Å². The van der Waals surface area contributed by atoms with Crippen LogP contribution in [0.15, 0.2) is 65.3 Å². The molecule has 3 aromatic rings. The van der Waals surface area contributed by atoms with E-state index in [2.05, 4.69) is 10.1 Å². The minimum atomic E-state index is -2.89. The van der Waals surface area contributed by atoms with Crippen molar-refractivity contribution in [1.29, 1.82) is 0 Å². The van der Waals surface area contributed by atoms with Crippen LogP contribution in [0.3, 0.4) is 0 Å². The molecule has 0 fully saturated rings. The average molecular weight is 415 g/mol. The highest BCUT2D eigenvalue weighted by molar-refractivity contribution is 6.04. The zero-order valence-electron chi connectivity index (χ0n) is 16.1. The van der Waals surface area contributed by atoms with E-state index in [4.69, 9.17) is 9.15 Å². The number of halogens is 2. The SMILES string of the molecule is CCOC(=O)Cc1ccc(NC(=O)c2coc(-c3ccc(OC(F)F)cc3)c2)cc1. The molecule has 0 saturated heterocycles. The fourth-order valence-corrected chi connectivity index (χ4v) is 2.70. The van der Waals surface area contributed by atoms with Crippen LogP contribution in [0.4, 0.5) is 14.5 Å². The Bertz CT molecular complexity index is 997. The van der Waals surface area contributed by atoms with Crippen molar-refractivity contribution in [1.82, 2.24) is 0 Å². The third kappa shape index (κ3) is 5.66. The average Bonchev–Trinajstić information content (AvgIpc) is 3.20. The molecule has 8 heteroatoms. The fourth-order valence-electron chi connectivity index (χ4n) is 2.70. The Morgan fingerprint density at radius 2 is 1.77 bits per heavy atom. The van der Waals surface area contributed by atoms with Crippen molar-refractivity contribution >= 4 is 17.6 Å². The highest BCUT2D eigenvalue weighted by Gasteiger charge is 2.13. The summed E-state index contributed by atoms with van der Waals surface area (Å²) in [7, 11) is 0. The first-order valence-electron chi connectivity index (χ1n) is 9.14. The molecule has 1 amide bonds. The molecular weight excluding hydrogens is 396 g/mol. The van der Waals surface area contributed by atoms with Gasteiger partial charge in [0.25, 0.3) is 5.91 Å². The summed E-state index contributed by atoms with van der Waals surface area (Å²) in [6.45, 7) is -0.823. The van der Waals surface area contributed by atoms with Crippen molar-refractivity contribution in [2.45, 2.75) is 20.0 Å². The van der Waals surface area contributed by atoms with E-state index in [0.717, 1.165) is 5.56 Å². The lowest BCUT2D eigenvalue weighted by Crippen LogP contribution is -2.11. The van der Waals surface area contributed by atoms with E-state index >= 15 is 0 Å². The standard InChI is InChI=1S/C22H19F2NO5/c1-2-28-20(26)11-14-3-7-17(8-4-14)25-21(27)16-12-19(29-13-16)15-5-9-18(10-6-15)30-22(23)24/h3-10,12-13,22H,2,11H2,1H3,(H,25,27). The van der Waals surface area contributed by atoms with Crippen molar-refractivity contribution < 1.29 is 32.3 Å². The maximum atomic E-state index is 12.4. The Hall–Kier alpha value is -3.68. The molecule has 0 aliphatic heterocycles. The summed E-state index contributed by atoms with van der Waals surface area (Å²) in [5.74, 6) is -0.243. The normalized spacial score (nSPS) is 10.7. The number of hydrogen-bond acceptors (Lipinski definition) is 5. The first-order chi connectivity index (χ1) is 14.4. The second-order valence-corrected chi connectivity index (χ2v) is 6.24. The molecule has 0 spiro atoms. The van der Waals surface area contributed by atoms with Crippen molar-refractivity contribution in [3.8, 4) is 17.1 Å². The number of benzene rings is 2. The second kappa shape index (κ2) is 9.69. The van der Waals surface area contributed by atoms with Gasteiger partial charge in [-0.1, -0.05) is 12.1 Å². The number of nitrogens with one attached hydrogen (secondary N) is 1. The number of carbonyl (C=O) groups excluding carboxylic acids is 2. The molecule has 0 unspecified atom stereocenters. The van der Waals surface area contributed by atoms with E-state index in [1.165, 1.54) is 18.4 Å². The summed E-state index contributed by atoms with van der Waals surface area (Å²) in [6.07, 6.45) is 1.47. The van der Waals surface area contributed by atoms with Gasteiger partial charge >= 0.3 is 12.6 Å². The largest absolute Gasteiger partial charge is 0.466 e. The van der Waals surface area contributed by atoms with Crippen LogP contribution in [0, 0.1) is 0 Å². The Kier molecular flexibility index (Phi) is 6.79. The minimum absolute atomic E-state index is 0.0321. The predicted molar refractivity (Wildman–Crippen MR) is 106 cm³/mol. The quantitative estimate of drug-likeness (QED) is 0.529. The van der Waals surface area contributed by atoms with Crippen molar-refractivity contribution in [2.24, 2.45) is 0 Å². The summed E-state index contributed by atoms with van der Waals surface area (Å²) in [5.41, 5.74) is 2.24. The number of amides is 1. The molecule has 0 aliphatic carbocycles. The summed E-state index contributed by atoms with van der Waals surface area (Å²) < 4.78 is 39.1. The van der Waals surface area contributed by atoms with E-state index < -0.39 is 6.61 Å². The van der Waals surface area contributed by atoms with Crippen LogP contribution in [0.5, 0.6) is 5.75 Å².